The number of phenols is 2. The summed E-state index contributed by atoms with van der Waals surface area (Å²) in [6, 6.07) is 4.43. The quantitative estimate of drug-likeness (QED) is 0.511. The molecule has 0 saturated heterocycles. The van der Waals surface area contributed by atoms with Crippen LogP contribution in [0.1, 0.15) is 31.2 Å². The average molecular weight is 224 g/mol. The fourth-order valence-electron chi connectivity index (χ4n) is 1.54. The van der Waals surface area contributed by atoms with E-state index < -0.39 is 5.97 Å². The van der Waals surface area contributed by atoms with Crippen molar-refractivity contribution < 1.29 is 20.1 Å². The van der Waals surface area contributed by atoms with Gasteiger partial charge in [-0.2, -0.15) is 0 Å². The van der Waals surface area contributed by atoms with Crippen molar-refractivity contribution in [2.75, 3.05) is 0 Å². The summed E-state index contributed by atoms with van der Waals surface area (Å²) >= 11 is 0. The molecule has 1 aromatic carbocycles. The number of aliphatic carboxylic acids is 1. The number of hydrogen-bond acceptors (Lipinski definition) is 3. The second kappa shape index (κ2) is 6.00. The number of rotatable bonds is 6. The molecule has 0 atom stereocenters. The maximum absolute atomic E-state index is 10.3. The Morgan fingerprint density at radius 1 is 1.12 bits per heavy atom. The molecule has 0 unspecified atom stereocenters. The van der Waals surface area contributed by atoms with E-state index in [1.807, 2.05) is 0 Å². The summed E-state index contributed by atoms with van der Waals surface area (Å²) in [7, 11) is 0. The van der Waals surface area contributed by atoms with Gasteiger partial charge in [0.05, 0.1) is 0 Å². The first-order chi connectivity index (χ1) is 7.59. The zero-order chi connectivity index (χ0) is 12.0. The Morgan fingerprint density at radius 3 is 2.56 bits per heavy atom. The van der Waals surface area contributed by atoms with E-state index in [4.69, 9.17) is 5.11 Å². The van der Waals surface area contributed by atoms with Crippen molar-refractivity contribution in [3.63, 3.8) is 0 Å². The molecular weight excluding hydrogens is 208 g/mol. The van der Waals surface area contributed by atoms with Gasteiger partial charge in [0.1, 0.15) is 11.5 Å². The molecule has 0 amide bonds. The Hall–Kier alpha value is -1.71. The molecule has 0 fully saturated rings. The number of unbranched alkanes of at least 4 members (excludes halogenated alkanes) is 2. The Balaban J connectivity index is 2.31. The zero-order valence-corrected chi connectivity index (χ0v) is 9.02. The summed E-state index contributed by atoms with van der Waals surface area (Å²) in [4.78, 5) is 10.3. The van der Waals surface area contributed by atoms with Crippen molar-refractivity contribution in [3.05, 3.63) is 23.8 Å². The van der Waals surface area contributed by atoms with Gasteiger partial charge in [-0.05, 0) is 43.0 Å². The molecule has 0 aliphatic heterocycles. The highest BCUT2D eigenvalue weighted by molar-refractivity contribution is 5.66. The van der Waals surface area contributed by atoms with Crippen LogP contribution in [-0.4, -0.2) is 21.3 Å². The summed E-state index contributed by atoms with van der Waals surface area (Å²) in [5, 5.41) is 27.1. The van der Waals surface area contributed by atoms with E-state index in [1.165, 1.54) is 18.2 Å². The number of carboxylic acid groups (broad SMARTS) is 1. The lowest BCUT2D eigenvalue weighted by Crippen LogP contribution is -1.94. The minimum atomic E-state index is -0.778. The predicted molar refractivity (Wildman–Crippen MR) is 59.6 cm³/mol. The topological polar surface area (TPSA) is 77.8 Å². The van der Waals surface area contributed by atoms with Crippen molar-refractivity contribution in [1.82, 2.24) is 0 Å². The molecule has 0 aliphatic carbocycles. The van der Waals surface area contributed by atoms with Crippen LogP contribution in [0.4, 0.5) is 0 Å². The Labute approximate surface area is 94.2 Å². The monoisotopic (exact) mass is 224 g/mol. The third-order valence-corrected chi connectivity index (χ3v) is 2.40. The summed E-state index contributed by atoms with van der Waals surface area (Å²) in [5.74, 6) is -0.463. The van der Waals surface area contributed by atoms with E-state index in [2.05, 4.69) is 0 Å². The van der Waals surface area contributed by atoms with Crippen molar-refractivity contribution in [2.24, 2.45) is 0 Å². The van der Waals surface area contributed by atoms with Gasteiger partial charge in [-0.15, -0.1) is 0 Å². The summed E-state index contributed by atoms with van der Waals surface area (Å²) in [6.07, 6.45) is 3.10. The number of carboxylic acids is 1. The standard InChI is InChI=1S/C12H16O4/c13-10-6-7-11(14)9(8-10)4-2-1-3-5-12(15)16/h6-8,13-14H,1-5H2,(H,15,16). The third-order valence-electron chi connectivity index (χ3n) is 2.40. The smallest absolute Gasteiger partial charge is 0.303 e. The van der Waals surface area contributed by atoms with Crippen molar-refractivity contribution >= 4 is 5.97 Å². The van der Waals surface area contributed by atoms with Crippen molar-refractivity contribution in [3.8, 4) is 11.5 Å². The van der Waals surface area contributed by atoms with E-state index in [1.54, 1.807) is 0 Å². The lowest BCUT2D eigenvalue weighted by atomic mass is 10.0. The Bertz CT molecular complexity index is 360. The summed E-state index contributed by atoms with van der Waals surface area (Å²) in [6.45, 7) is 0. The van der Waals surface area contributed by atoms with Gasteiger partial charge in [0.25, 0.3) is 0 Å². The van der Waals surface area contributed by atoms with E-state index in [0.29, 0.717) is 18.4 Å². The van der Waals surface area contributed by atoms with Gasteiger partial charge in [0, 0.05) is 6.42 Å². The molecule has 4 heteroatoms. The van der Waals surface area contributed by atoms with Gasteiger partial charge < -0.3 is 15.3 Å². The molecule has 0 aliphatic rings. The van der Waals surface area contributed by atoms with Gasteiger partial charge >= 0.3 is 5.97 Å². The molecule has 88 valence electrons. The number of benzene rings is 1. The van der Waals surface area contributed by atoms with Crippen LogP contribution < -0.4 is 0 Å². The van der Waals surface area contributed by atoms with Gasteiger partial charge in [-0.1, -0.05) is 6.42 Å². The molecule has 0 saturated carbocycles. The van der Waals surface area contributed by atoms with Crippen LogP contribution in [0.25, 0.3) is 0 Å². The average Bonchev–Trinajstić information content (AvgIpc) is 2.22. The largest absolute Gasteiger partial charge is 0.508 e. The highest BCUT2D eigenvalue weighted by Gasteiger charge is 2.03. The van der Waals surface area contributed by atoms with E-state index >= 15 is 0 Å². The molecule has 3 N–H and O–H groups in total. The van der Waals surface area contributed by atoms with Crippen LogP contribution in [-0.2, 0) is 11.2 Å². The highest BCUT2D eigenvalue weighted by atomic mass is 16.4. The first kappa shape index (κ1) is 12.4. The van der Waals surface area contributed by atoms with Crippen LogP contribution in [0, 0.1) is 0 Å². The first-order valence-electron chi connectivity index (χ1n) is 5.32. The fraction of sp³-hybridized carbons (Fsp3) is 0.417. The van der Waals surface area contributed by atoms with Crippen molar-refractivity contribution in [2.45, 2.75) is 32.1 Å². The molecule has 1 rings (SSSR count). The molecule has 0 spiro atoms. The Morgan fingerprint density at radius 2 is 1.88 bits per heavy atom. The second-order valence-corrected chi connectivity index (χ2v) is 3.77. The number of carbonyl (C=O) groups is 1. The molecule has 0 heterocycles. The minimum absolute atomic E-state index is 0.137. The Kier molecular flexibility index (Phi) is 4.64. The SMILES string of the molecule is O=C(O)CCCCCc1cc(O)ccc1O. The molecule has 0 radical (unpaired) electrons. The normalized spacial score (nSPS) is 10.2. The number of aromatic hydroxyl groups is 2. The molecule has 0 aromatic heterocycles. The van der Waals surface area contributed by atoms with Crippen LogP contribution in [0.2, 0.25) is 0 Å². The van der Waals surface area contributed by atoms with Crippen LogP contribution in [0.15, 0.2) is 18.2 Å². The predicted octanol–water partition coefficient (Wildman–Crippen LogP) is 2.29. The minimum Gasteiger partial charge on any atom is -0.508 e. The lowest BCUT2D eigenvalue weighted by Gasteiger charge is -2.04. The van der Waals surface area contributed by atoms with Gasteiger partial charge in [-0.3, -0.25) is 4.79 Å². The van der Waals surface area contributed by atoms with Crippen LogP contribution >= 0.6 is 0 Å². The summed E-state index contributed by atoms with van der Waals surface area (Å²) in [5.41, 5.74) is 0.704. The highest BCUT2D eigenvalue weighted by Crippen LogP contribution is 2.23. The third kappa shape index (κ3) is 4.21. The zero-order valence-electron chi connectivity index (χ0n) is 9.02. The number of aryl methyl sites for hydroxylation is 1. The van der Waals surface area contributed by atoms with Gasteiger partial charge in [-0.25, -0.2) is 0 Å². The van der Waals surface area contributed by atoms with Gasteiger partial charge in [0.2, 0.25) is 0 Å². The van der Waals surface area contributed by atoms with E-state index in [0.717, 1.165) is 12.8 Å². The number of phenolic OH excluding ortho intramolecular Hbond substituents is 2. The number of hydrogen-bond donors (Lipinski definition) is 3. The van der Waals surface area contributed by atoms with Crippen LogP contribution in [0.3, 0.4) is 0 Å². The molecule has 1 aromatic rings. The van der Waals surface area contributed by atoms with Crippen LogP contribution in [0.5, 0.6) is 11.5 Å². The molecule has 0 bridgehead atoms. The van der Waals surface area contributed by atoms with E-state index in [9.17, 15) is 15.0 Å². The molecular formula is C12H16O4. The maximum Gasteiger partial charge on any atom is 0.303 e. The van der Waals surface area contributed by atoms with Crippen molar-refractivity contribution in [1.29, 1.82) is 0 Å². The summed E-state index contributed by atoms with van der Waals surface area (Å²) < 4.78 is 0. The fourth-order valence-corrected chi connectivity index (χ4v) is 1.54. The first-order valence-corrected chi connectivity index (χ1v) is 5.32. The van der Waals surface area contributed by atoms with E-state index in [-0.39, 0.29) is 17.9 Å². The lowest BCUT2D eigenvalue weighted by molar-refractivity contribution is -0.137. The molecule has 4 nitrogen and oxygen atoms in total. The molecule has 16 heavy (non-hydrogen) atoms. The second-order valence-electron chi connectivity index (χ2n) is 3.77. The van der Waals surface area contributed by atoms with Gasteiger partial charge in [0.15, 0.2) is 0 Å². The maximum atomic E-state index is 10.3.